The van der Waals surface area contributed by atoms with Crippen molar-refractivity contribution < 1.29 is 9.59 Å². The molecule has 0 atom stereocenters. The highest BCUT2D eigenvalue weighted by atomic mass is 16.2. The molecule has 1 fully saturated rings. The summed E-state index contributed by atoms with van der Waals surface area (Å²) in [6, 6.07) is 9.72. The van der Waals surface area contributed by atoms with Crippen molar-refractivity contribution in [2.24, 2.45) is 0 Å². The Kier molecular flexibility index (Phi) is 4.87. The second-order valence-corrected chi connectivity index (χ2v) is 9.11. The first-order valence-electron chi connectivity index (χ1n) is 11.2. The first kappa shape index (κ1) is 20.5. The molecule has 5 rings (SSSR count). The summed E-state index contributed by atoms with van der Waals surface area (Å²) in [7, 11) is 1.83. The average molecular weight is 433 g/mol. The quantitative estimate of drug-likeness (QED) is 0.664. The molecule has 2 aliphatic heterocycles. The topological polar surface area (TPSA) is 92.2 Å². The maximum Gasteiger partial charge on any atom is 0.270 e. The summed E-state index contributed by atoms with van der Waals surface area (Å²) in [5.74, 6) is 0.724. The minimum atomic E-state index is -0.307. The number of carbonyl (C=O) groups is 2. The number of anilines is 1. The number of nitrogens with zero attached hydrogens (tertiary/aromatic N) is 4. The number of aromatic nitrogens is 3. The van der Waals surface area contributed by atoms with E-state index >= 15 is 0 Å². The zero-order valence-corrected chi connectivity index (χ0v) is 18.7. The van der Waals surface area contributed by atoms with Gasteiger partial charge in [-0.15, -0.1) is 0 Å². The lowest BCUT2D eigenvalue weighted by Crippen LogP contribution is -2.59. The van der Waals surface area contributed by atoms with Crippen LogP contribution in [-0.4, -0.2) is 57.2 Å². The summed E-state index contributed by atoms with van der Waals surface area (Å²) in [5.41, 5.74) is 2.81. The van der Waals surface area contributed by atoms with Gasteiger partial charge < -0.3 is 15.5 Å². The fraction of sp³-hybridized carbons (Fsp3) is 0.417. The molecule has 0 unspecified atom stereocenters. The second kappa shape index (κ2) is 7.62. The molecule has 8 nitrogen and oxygen atoms in total. The van der Waals surface area contributed by atoms with E-state index in [9.17, 15) is 9.59 Å². The number of piperidine rings is 1. The molecule has 2 amide bonds. The van der Waals surface area contributed by atoms with Crippen LogP contribution in [0.1, 0.15) is 59.1 Å². The molecule has 2 aromatic heterocycles. The third kappa shape index (κ3) is 3.39. The predicted molar refractivity (Wildman–Crippen MR) is 123 cm³/mol. The first-order valence-corrected chi connectivity index (χ1v) is 11.2. The lowest BCUT2D eigenvalue weighted by Gasteiger charge is -2.44. The van der Waals surface area contributed by atoms with Crippen LogP contribution in [0.25, 0.3) is 10.9 Å². The fourth-order valence-electron chi connectivity index (χ4n) is 4.89. The molecule has 0 bridgehead atoms. The van der Waals surface area contributed by atoms with Crippen molar-refractivity contribution in [3.63, 3.8) is 0 Å². The molecule has 3 aromatic rings. The average Bonchev–Trinajstić information content (AvgIpc) is 3.23. The lowest BCUT2D eigenvalue weighted by molar-refractivity contribution is 0.0603. The number of hydrogen-bond donors (Lipinski definition) is 2. The third-order valence-corrected chi connectivity index (χ3v) is 6.69. The standard InChI is InChI=1S/C24H28N6O2/c1-15(2)30-21-18(14-26-30)13-24(28-22(21)31)8-10-29(11-9-24)23(32)17-5-4-16-6-7-20(25-3)27-19(16)12-17/h4-7,12,14-15H,8-11,13H2,1-3H3,(H,25,27)(H,28,31). The molecule has 32 heavy (non-hydrogen) atoms. The van der Waals surface area contributed by atoms with E-state index in [-0.39, 0.29) is 23.4 Å². The van der Waals surface area contributed by atoms with Gasteiger partial charge in [0.05, 0.1) is 11.7 Å². The van der Waals surface area contributed by atoms with Crippen molar-refractivity contribution in [2.75, 3.05) is 25.5 Å². The molecule has 1 aromatic carbocycles. The van der Waals surface area contributed by atoms with E-state index in [1.54, 1.807) is 4.68 Å². The Morgan fingerprint density at radius 2 is 1.94 bits per heavy atom. The summed E-state index contributed by atoms with van der Waals surface area (Å²) in [6.45, 7) is 5.26. The van der Waals surface area contributed by atoms with Crippen LogP contribution in [0.15, 0.2) is 36.5 Å². The van der Waals surface area contributed by atoms with E-state index in [2.05, 4.69) is 20.7 Å². The van der Waals surface area contributed by atoms with Crippen molar-refractivity contribution >= 4 is 28.5 Å². The predicted octanol–water partition coefficient (Wildman–Crippen LogP) is 3.01. The number of nitrogens with one attached hydrogen (secondary N) is 2. The van der Waals surface area contributed by atoms with E-state index in [0.29, 0.717) is 24.3 Å². The van der Waals surface area contributed by atoms with E-state index < -0.39 is 0 Å². The van der Waals surface area contributed by atoms with Crippen molar-refractivity contribution in [1.82, 2.24) is 25.0 Å². The Morgan fingerprint density at radius 1 is 1.19 bits per heavy atom. The minimum absolute atomic E-state index is 0.00821. The number of benzene rings is 1. The van der Waals surface area contributed by atoms with Gasteiger partial charge in [-0.2, -0.15) is 5.10 Å². The maximum absolute atomic E-state index is 13.2. The van der Waals surface area contributed by atoms with Gasteiger partial charge in [0, 0.05) is 48.2 Å². The Balaban J connectivity index is 1.32. The van der Waals surface area contributed by atoms with Crippen LogP contribution in [0.3, 0.4) is 0 Å². The summed E-state index contributed by atoms with van der Waals surface area (Å²) in [5, 5.41) is 11.7. The number of likely N-dealkylation sites (tertiary alicyclic amines) is 1. The van der Waals surface area contributed by atoms with E-state index in [1.807, 2.05) is 62.3 Å². The maximum atomic E-state index is 13.2. The third-order valence-electron chi connectivity index (χ3n) is 6.69. The second-order valence-electron chi connectivity index (χ2n) is 9.11. The Hall–Kier alpha value is -3.42. The lowest BCUT2D eigenvalue weighted by atomic mass is 9.79. The van der Waals surface area contributed by atoms with Crippen molar-refractivity contribution in [2.45, 2.75) is 44.7 Å². The molecule has 1 saturated heterocycles. The first-order chi connectivity index (χ1) is 15.4. The summed E-state index contributed by atoms with van der Waals surface area (Å²) >= 11 is 0. The molecule has 4 heterocycles. The largest absolute Gasteiger partial charge is 0.373 e. The highest BCUT2D eigenvalue weighted by Crippen LogP contribution is 2.33. The molecule has 0 radical (unpaired) electrons. The number of pyridine rings is 1. The molecular formula is C24H28N6O2. The van der Waals surface area contributed by atoms with Crippen LogP contribution in [0.5, 0.6) is 0 Å². The number of rotatable bonds is 3. The SMILES string of the molecule is CNc1ccc2ccc(C(=O)N3CCC4(CC3)Cc3cnn(C(C)C)c3C(=O)N4)cc2n1. The molecule has 8 heteroatoms. The Bertz CT molecular complexity index is 1210. The molecule has 166 valence electrons. The van der Waals surface area contributed by atoms with Crippen molar-refractivity contribution in [1.29, 1.82) is 0 Å². The van der Waals surface area contributed by atoms with Crippen LogP contribution in [0, 0.1) is 0 Å². The Morgan fingerprint density at radius 3 is 2.66 bits per heavy atom. The van der Waals surface area contributed by atoms with Crippen LogP contribution < -0.4 is 10.6 Å². The fourth-order valence-corrected chi connectivity index (χ4v) is 4.89. The van der Waals surface area contributed by atoms with Crippen LogP contribution in [0.2, 0.25) is 0 Å². The van der Waals surface area contributed by atoms with Gasteiger partial charge in [0.15, 0.2) is 0 Å². The van der Waals surface area contributed by atoms with Crippen LogP contribution >= 0.6 is 0 Å². The van der Waals surface area contributed by atoms with Gasteiger partial charge in [-0.1, -0.05) is 6.07 Å². The number of carbonyl (C=O) groups excluding carboxylic acids is 2. The van der Waals surface area contributed by atoms with Gasteiger partial charge in [-0.05, 0) is 57.4 Å². The van der Waals surface area contributed by atoms with E-state index in [1.165, 1.54) is 0 Å². The van der Waals surface area contributed by atoms with Gasteiger partial charge in [0.1, 0.15) is 11.5 Å². The molecule has 2 N–H and O–H groups in total. The van der Waals surface area contributed by atoms with Crippen LogP contribution in [-0.2, 0) is 6.42 Å². The van der Waals surface area contributed by atoms with Gasteiger partial charge in [-0.3, -0.25) is 14.3 Å². The smallest absolute Gasteiger partial charge is 0.270 e. The summed E-state index contributed by atoms with van der Waals surface area (Å²) in [4.78, 5) is 32.5. The monoisotopic (exact) mass is 432 g/mol. The highest BCUT2D eigenvalue weighted by molar-refractivity contribution is 5.98. The van der Waals surface area contributed by atoms with Gasteiger partial charge >= 0.3 is 0 Å². The number of amides is 2. The number of fused-ring (bicyclic) bond motifs is 2. The summed E-state index contributed by atoms with van der Waals surface area (Å²) < 4.78 is 1.80. The van der Waals surface area contributed by atoms with Gasteiger partial charge in [0.25, 0.3) is 11.8 Å². The van der Waals surface area contributed by atoms with Gasteiger partial charge in [-0.25, -0.2) is 4.98 Å². The zero-order valence-electron chi connectivity index (χ0n) is 18.7. The van der Waals surface area contributed by atoms with Crippen LogP contribution in [0.4, 0.5) is 5.82 Å². The highest BCUT2D eigenvalue weighted by Gasteiger charge is 2.43. The molecular weight excluding hydrogens is 404 g/mol. The summed E-state index contributed by atoms with van der Waals surface area (Å²) in [6.07, 6.45) is 4.05. The van der Waals surface area contributed by atoms with Gasteiger partial charge in [0.2, 0.25) is 0 Å². The molecule has 1 spiro atoms. The minimum Gasteiger partial charge on any atom is -0.373 e. The normalized spacial score (nSPS) is 17.5. The van der Waals surface area contributed by atoms with Crippen molar-refractivity contribution in [3.8, 4) is 0 Å². The number of hydrogen-bond acceptors (Lipinski definition) is 5. The Labute approximate surface area is 187 Å². The van der Waals surface area contributed by atoms with E-state index in [0.717, 1.165) is 41.5 Å². The molecule has 0 saturated carbocycles. The molecule has 2 aliphatic rings. The van der Waals surface area contributed by atoms with E-state index in [4.69, 9.17) is 0 Å². The zero-order chi connectivity index (χ0) is 22.5. The van der Waals surface area contributed by atoms with Crippen molar-refractivity contribution in [3.05, 3.63) is 53.3 Å². The molecule has 0 aliphatic carbocycles.